The van der Waals surface area contributed by atoms with Crippen molar-refractivity contribution in [2.24, 2.45) is 0 Å². The molecule has 0 spiro atoms. The Morgan fingerprint density at radius 3 is 2.74 bits per heavy atom. The topological polar surface area (TPSA) is 81.3 Å². The van der Waals surface area contributed by atoms with E-state index in [0.717, 1.165) is 18.7 Å². The summed E-state index contributed by atoms with van der Waals surface area (Å²) in [5, 5.41) is 2.83. The predicted octanol–water partition coefficient (Wildman–Crippen LogP) is 1.95. The van der Waals surface area contributed by atoms with Gasteiger partial charge in [-0.3, -0.25) is 14.5 Å². The first-order chi connectivity index (χ1) is 12.9. The average Bonchev–Trinajstić information content (AvgIpc) is 2.91. The van der Waals surface area contributed by atoms with Crippen molar-refractivity contribution in [2.45, 2.75) is 20.3 Å². The standard InChI is InChI=1S/C19H24FN5O2/c1-13-10-15(20)4-5-16(13)23-17(26)11-24-6-3-7-25(9-8-24)19(27)18-14(2)21-12-22-18/h4-5,10,12H,3,6-9,11H2,1-2H3,(H,21,22)(H,23,26). The summed E-state index contributed by atoms with van der Waals surface area (Å²) in [5.41, 5.74) is 2.51. The van der Waals surface area contributed by atoms with E-state index in [0.29, 0.717) is 36.6 Å². The van der Waals surface area contributed by atoms with Gasteiger partial charge in [-0.15, -0.1) is 0 Å². The Kier molecular flexibility index (Phi) is 5.85. The first-order valence-electron chi connectivity index (χ1n) is 9.01. The van der Waals surface area contributed by atoms with Gasteiger partial charge >= 0.3 is 0 Å². The van der Waals surface area contributed by atoms with Crippen LogP contribution in [0.1, 0.15) is 28.2 Å². The normalized spacial score (nSPS) is 15.4. The minimum atomic E-state index is -0.324. The van der Waals surface area contributed by atoms with Gasteiger partial charge in [-0.1, -0.05) is 0 Å². The number of benzene rings is 1. The number of rotatable bonds is 4. The van der Waals surface area contributed by atoms with Gasteiger partial charge in [0.25, 0.3) is 5.91 Å². The molecule has 8 heteroatoms. The van der Waals surface area contributed by atoms with E-state index in [2.05, 4.69) is 15.3 Å². The third kappa shape index (κ3) is 4.71. The number of halogens is 1. The molecule has 1 aromatic carbocycles. The summed E-state index contributed by atoms with van der Waals surface area (Å²) >= 11 is 0. The van der Waals surface area contributed by atoms with Crippen molar-refractivity contribution >= 4 is 17.5 Å². The van der Waals surface area contributed by atoms with E-state index in [4.69, 9.17) is 0 Å². The van der Waals surface area contributed by atoms with Crippen LogP contribution in [-0.4, -0.2) is 64.3 Å². The van der Waals surface area contributed by atoms with Crippen LogP contribution in [0.5, 0.6) is 0 Å². The van der Waals surface area contributed by atoms with Crippen molar-refractivity contribution < 1.29 is 14.0 Å². The quantitative estimate of drug-likeness (QED) is 0.858. The molecule has 0 unspecified atom stereocenters. The molecule has 1 aromatic heterocycles. The molecule has 2 aromatic rings. The highest BCUT2D eigenvalue weighted by Crippen LogP contribution is 2.16. The number of amides is 2. The zero-order chi connectivity index (χ0) is 19.4. The highest BCUT2D eigenvalue weighted by molar-refractivity contribution is 5.94. The number of imidazole rings is 1. The molecular weight excluding hydrogens is 349 g/mol. The maximum absolute atomic E-state index is 13.2. The predicted molar refractivity (Wildman–Crippen MR) is 100 cm³/mol. The molecule has 0 aliphatic carbocycles. The van der Waals surface area contributed by atoms with Gasteiger partial charge in [0.2, 0.25) is 5.91 Å². The average molecular weight is 373 g/mol. The molecule has 7 nitrogen and oxygen atoms in total. The van der Waals surface area contributed by atoms with Gasteiger partial charge in [-0.05, 0) is 44.0 Å². The molecule has 0 saturated carbocycles. The smallest absolute Gasteiger partial charge is 0.274 e. The number of H-pyrrole nitrogens is 1. The fourth-order valence-corrected chi connectivity index (χ4v) is 3.22. The number of aryl methyl sites for hydroxylation is 2. The minimum Gasteiger partial charge on any atom is -0.348 e. The second kappa shape index (κ2) is 8.30. The Hall–Kier alpha value is -2.74. The first kappa shape index (κ1) is 19.0. The molecule has 144 valence electrons. The molecule has 27 heavy (non-hydrogen) atoms. The Morgan fingerprint density at radius 1 is 1.22 bits per heavy atom. The van der Waals surface area contributed by atoms with E-state index < -0.39 is 0 Å². The zero-order valence-electron chi connectivity index (χ0n) is 15.6. The number of hydrogen-bond donors (Lipinski definition) is 2. The van der Waals surface area contributed by atoms with Gasteiger partial charge in [-0.25, -0.2) is 9.37 Å². The molecule has 1 aliphatic heterocycles. The Bertz CT molecular complexity index is 835. The van der Waals surface area contributed by atoms with E-state index in [1.54, 1.807) is 17.9 Å². The monoisotopic (exact) mass is 373 g/mol. The molecule has 0 atom stereocenters. The number of hydrogen-bond acceptors (Lipinski definition) is 4. The number of nitrogens with zero attached hydrogens (tertiary/aromatic N) is 3. The highest BCUT2D eigenvalue weighted by Gasteiger charge is 2.23. The van der Waals surface area contributed by atoms with E-state index >= 15 is 0 Å². The van der Waals surface area contributed by atoms with Crippen LogP contribution in [0.15, 0.2) is 24.5 Å². The van der Waals surface area contributed by atoms with E-state index in [9.17, 15) is 14.0 Å². The molecule has 3 rings (SSSR count). The van der Waals surface area contributed by atoms with Crippen LogP contribution in [-0.2, 0) is 4.79 Å². The lowest BCUT2D eigenvalue weighted by Crippen LogP contribution is -2.38. The fraction of sp³-hybridized carbons (Fsp3) is 0.421. The molecule has 2 heterocycles. The first-order valence-corrected chi connectivity index (χ1v) is 9.01. The fourth-order valence-electron chi connectivity index (χ4n) is 3.22. The number of carbonyl (C=O) groups is 2. The van der Waals surface area contributed by atoms with Gasteiger partial charge in [-0.2, -0.15) is 0 Å². The van der Waals surface area contributed by atoms with Crippen LogP contribution in [0.25, 0.3) is 0 Å². The number of aromatic nitrogens is 2. The Morgan fingerprint density at radius 2 is 2.04 bits per heavy atom. The molecule has 1 aliphatic rings. The lowest BCUT2D eigenvalue weighted by Gasteiger charge is -2.21. The van der Waals surface area contributed by atoms with Crippen molar-refractivity contribution in [1.82, 2.24) is 19.8 Å². The minimum absolute atomic E-state index is 0.0815. The number of anilines is 1. The SMILES string of the molecule is Cc1cc(F)ccc1NC(=O)CN1CCCN(C(=O)c2nc[nH]c2C)CC1. The van der Waals surface area contributed by atoms with Gasteiger partial charge in [0, 0.05) is 37.6 Å². The Balaban J connectivity index is 1.54. The number of nitrogens with one attached hydrogen (secondary N) is 2. The van der Waals surface area contributed by atoms with Crippen LogP contribution >= 0.6 is 0 Å². The number of carbonyl (C=O) groups excluding carboxylic acids is 2. The van der Waals surface area contributed by atoms with Crippen molar-refractivity contribution in [2.75, 3.05) is 38.0 Å². The Labute approximate surface area is 157 Å². The van der Waals surface area contributed by atoms with Gasteiger partial charge in [0.15, 0.2) is 0 Å². The van der Waals surface area contributed by atoms with Crippen molar-refractivity contribution in [3.8, 4) is 0 Å². The van der Waals surface area contributed by atoms with Gasteiger partial charge < -0.3 is 15.2 Å². The van der Waals surface area contributed by atoms with Crippen LogP contribution in [0, 0.1) is 19.7 Å². The molecule has 2 N–H and O–H groups in total. The van der Waals surface area contributed by atoms with Gasteiger partial charge in [0.1, 0.15) is 11.5 Å². The molecule has 1 fully saturated rings. The summed E-state index contributed by atoms with van der Waals surface area (Å²) in [6.07, 6.45) is 2.31. The summed E-state index contributed by atoms with van der Waals surface area (Å²) in [6.45, 7) is 6.36. The van der Waals surface area contributed by atoms with E-state index in [1.807, 2.05) is 11.8 Å². The lowest BCUT2D eigenvalue weighted by atomic mass is 10.2. The van der Waals surface area contributed by atoms with Crippen molar-refractivity contribution in [1.29, 1.82) is 0 Å². The summed E-state index contributed by atoms with van der Waals surface area (Å²) in [5.74, 6) is -0.551. The van der Waals surface area contributed by atoms with Crippen LogP contribution in [0.3, 0.4) is 0 Å². The summed E-state index contributed by atoms with van der Waals surface area (Å²) in [4.78, 5) is 35.8. The second-order valence-electron chi connectivity index (χ2n) is 6.81. The molecular formula is C19H24FN5O2. The largest absolute Gasteiger partial charge is 0.348 e. The third-order valence-electron chi connectivity index (χ3n) is 4.74. The number of aromatic amines is 1. The van der Waals surface area contributed by atoms with Crippen molar-refractivity contribution in [3.05, 3.63) is 47.3 Å². The van der Waals surface area contributed by atoms with E-state index in [-0.39, 0.29) is 24.2 Å². The second-order valence-corrected chi connectivity index (χ2v) is 6.81. The van der Waals surface area contributed by atoms with Crippen LogP contribution in [0.4, 0.5) is 10.1 Å². The van der Waals surface area contributed by atoms with Crippen LogP contribution < -0.4 is 5.32 Å². The maximum Gasteiger partial charge on any atom is 0.274 e. The summed E-state index contributed by atoms with van der Waals surface area (Å²) < 4.78 is 13.2. The zero-order valence-corrected chi connectivity index (χ0v) is 15.6. The molecule has 2 amide bonds. The lowest BCUT2D eigenvalue weighted by molar-refractivity contribution is -0.117. The molecule has 1 saturated heterocycles. The summed E-state index contributed by atoms with van der Waals surface area (Å²) in [7, 11) is 0. The third-order valence-corrected chi connectivity index (χ3v) is 4.74. The molecule has 0 radical (unpaired) electrons. The molecule has 0 bridgehead atoms. The van der Waals surface area contributed by atoms with Crippen molar-refractivity contribution in [3.63, 3.8) is 0 Å². The maximum atomic E-state index is 13.2. The summed E-state index contributed by atoms with van der Waals surface area (Å²) in [6, 6.07) is 4.29. The van der Waals surface area contributed by atoms with Crippen LogP contribution in [0.2, 0.25) is 0 Å². The highest BCUT2D eigenvalue weighted by atomic mass is 19.1. The van der Waals surface area contributed by atoms with E-state index in [1.165, 1.54) is 18.5 Å². The van der Waals surface area contributed by atoms with Gasteiger partial charge in [0.05, 0.1) is 12.9 Å².